The molecule has 2 aromatic heterocycles. The van der Waals surface area contributed by atoms with E-state index in [1.807, 2.05) is 25.1 Å². The van der Waals surface area contributed by atoms with Crippen molar-refractivity contribution in [3.63, 3.8) is 0 Å². The average molecular weight is 336 g/mol. The molecule has 1 aromatic carbocycles. The first kappa shape index (κ1) is 15.8. The van der Waals surface area contributed by atoms with Crippen LogP contribution in [0.5, 0.6) is 5.75 Å². The molecular formula is C19H20N4O2. The highest BCUT2D eigenvalue weighted by Gasteiger charge is 2.19. The maximum absolute atomic E-state index is 5.60. The van der Waals surface area contributed by atoms with E-state index in [1.54, 1.807) is 13.3 Å². The van der Waals surface area contributed by atoms with Crippen molar-refractivity contribution >= 4 is 16.9 Å². The molecule has 128 valence electrons. The SMILES string of the molecule is COc1c(C)nc(N2CCOCC2)nc1-c1ccc2ncccc2c1. The molecule has 1 aliphatic rings. The maximum Gasteiger partial charge on any atom is 0.226 e. The van der Waals surface area contributed by atoms with Gasteiger partial charge < -0.3 is 14.4 Å². The van der Waals surface area contributed by atoms with Crippen LogP contribution in [0.3, 0.4) is 0 Å². The summed E-state index contributed by atoms with van der Waals surface area (Å²) in [5.74, 6) is 1.43. The van der Waals surface area contributed by atoms with Gasteiger partial charge in [0.1, 0.15) is 5.69 Å². The van der Waals surface area contributed by atoms with E-state index in [0.29, 0.717) is 19.0 Å². The molecule has 0 amide bonds. The topological polar surface area (TPSA) is 60.4 Å². The van der Waals surface area contributed by atoms with Crippen molar-refractivity contribution in [1.82, 2.24) is 15.0 Å². The minimum absolute atomic E-state index is 0.700. The molecule has 0 unspecified atom stereocenters. The summed E-state index contributed by atoms with van der Waals surface area (Å²) in [6.07, 6.45) is 1.80. The number of hydrogen-bond donors (Lipinski definition) is 0. The predicted octanol–water partition coefficient (Wildman–Crippen LogP) is 2.85. The van der Waals surface area contributed by atoms with E-state index in [2.05, 4.69) is 27.0 Å². The van der Waals surface area contributed by atoms with Crippen molar-refractivity contribution in [3.05, 3.63) is 42.2 Å². The Morgan fingerprint density at radius 2 is 1.96 bits per heavy atom. The van der Waals surface area contributed by atoms with Gasteiger partial charge in [-0.25, -0.2) is 9.97 Å². The lowest BCUT2D eigenvalue weighted by Gasteiger charge is -2.27. The Kier molecular flexibility index (Phi) is 4.19. The molecule has 1 fully saturated rings. The number of anilines is 1. The number of rotatable bonds is 3. The third-order valence-corrected chi connectivity index (χ3v) is 4.40. The van der Waals surface area contributed by atoms with E-state index in [9.17, 15) is 0 Å². The van der Waals surface area contributed by atoms with Gasteiger partial charge in [0.15, 0.2) is 5.75 Å². The van der Waals surface area contributed by atoms with Crippen molar-refractivity contribution in [2.75, 3.05) is 38.3 Å². The summed E-state index contributed by atoms with van der Waals surface area (Å²) in [7, 11) is 1.66. The van der Waals surface area contributed by atoms with Crippen LogP contribution in [0.2, 0.25) is 0 Å². The molecule has 1 saturated heterocycles. The number of fused-ring (bicyclic) bond motifs is 1. The van der Waals surface area contributed by atoms with Crippen molar-refractivity contribution in [1.29, 1.82) is 0 Å². The van der Waals surface area contributed by atoms with Crippen LogP contribution >= 0.6 is 0 Å². The first-order valence-corrected chi connectivity index (χ1v) is 8.37. The fourth-order valence-electron chi connectivity index (χ4n) is 3.12. The van der Waals surface area contributed by atoms with Crippen LogP contribution < -0.4 is 9.64 Å². The normalized spacial score (nSPS) is 14.7. The zero-order chi connectivity index (χ0) is 17.2. The number of hydrogen-bond acceptors (Lipinski definition) is 6. The Morgan fingerprint density at radius 1 is 1.12 bits per heavy atom. The maximum atomic E-state index is 5.60. The minimum atomic E-state index is 0.700. The van der Waals surface area contributed by atoms with Crippen molar-refractivity contribution in [2.45, 2.75) is 6.92 Å². The largest absolute Gasteiger partial charge is 0.493 e. The second kappa shape index (κ2) is 6.64. The van der Waals surface area contributed by atoms with Crippen LogP contribution in [0.25, 0.3) is 22.2 Å². The second-order valence-corrected chi connectivity index (χ2v) is 6.00. The zero-order valence-corrected chi connectivity index (χ0v) is 14.4. The highest BCUT2D eigenvalue weighted by Crippen LogP contribution is 2.33. The average Bonchev–Trinajstić information content (AvgIpc) is 2.67. The van der Waals surface area contributed by atoms with Gasteiger partial charge in [0.2, 0.25) is 5.95 Å². The van der Waals surface area contributed by atoms with Gasteiger partial charge in [0.25, 0.3) is 0 Å². The second-order valence-electron chi connectivity index (χ2n) is 6.00. The number of methoxy groups -OCH3 is 1. The molecule has 3 aromatic rings. The van der Waals surface area contributed by atoms with E-state index in [-0.39, 0.29) is 0 Å². The third-order valence-electron chi connectivity index (χ3n) is 4.40. The molecular weight excluding hydrogens is 316 g/mol. The zero-order valence-electron chi connectivity index (χ0n) is 14.4. The Morgan fingerprint density at radius 3 is 2.76 bits per heavy atom. The monoisotopic (exact) mass is 336 g/mol. The molecule has 0 aliphatic carbocycles. The van der Waals surface area contributed by atoms with E-state index in [0.717, 1.165) is 46.9 Å². The van der Waals surface area contributed by atoms with E-state index < -0.39 is 0 Å². The number of nitrogens with zero attached hydrogens (tertiary/aromatic N) is 4. The van der Waals surface area contributed by atoms with Gasteiger partial charge in [-0.05, 0) is 25.1 Å². The molecule has 0 spiro atoms. The van der Waals surface area contributed by atoms with Crippen LogP contribution in [-0.4, -0.2) is 48.4 Å². The third kappa shape index (κ3) is 3.00. The lowest BCUT2D eigenvalue weighted by atomic mass is 10.1. The molecule has 6 heteroatoms. The molecule has 1 aliphatic heterocycles. The molecule has 25 heavy (non-hydrogen) atoms. The quantitative estimate of drug-likeness (QED) is 0.733. The standard InChI is InChI=1S/C19H20N4O2/c1-13-18(24-2)17(22-19(21-13)23-8-10-25-11-9-23)15-5-6-16-14(12-15)4-3-7-20-16/h3-7,12H,8-11H2,1-2H3. The lowest BCUT2D eigenvalue weighted by molar-refractivity contribution is 0.122. The number of aryl methyl sites for hydroxylation is 1. The van der Waals surface area contributed by atoms with Crippen LogP contribution in [-0.2, 0) is 4.74 Å². The molecule has 0 atom stereocenters. The minimum Gasteiger partial charge on any atom is -0.493 e. The number of morpholine rings is 1. The molecule has 0 bridgehead atoms. The van der Waals surface area contributed by atoms with Crippen LogP contribution in [0.1, 0.15) is 5.69 Å². The molecule has 0 radical (unpaired) electrons. The van der Waals surface area contributed by atoms with E-state index in [4.69, 9.17) is 14.5 Å². The summed E-state index contributed by atoms with van der Waals surface area (Å²) in [5.41, 5.74) is 3.60. The summed E-state index contributed by atoms with van der Waals surface area (Å²) in [5, 5.41) is 1.08. The number of benzene rings is 1. The number of pyridine rings is 1. The van der Waals surface area contributed by atoms with Gasteiger partial charge in [-0.1, -0.05) is 12.1 Å². The summed E-state index contributed by atoms with van der Waals surface area (Å²) in [6, 6.07) is 10.1. The summed E-state index contributed by atoms with van der Waals surface area (Å²) >= 11 is 0. The van der Waals surface area contributed by atoms with E-state index >= 15 is 0 Å². The first-order valence-electron chi connectivity index (χ1n) is 8.37. The fourth-order valence-corrected chi connectivity index (χ4v) is 3.12. The highest BCUT2D eigenvalue weighted by molar-refractivity contribution is 5.85. The van der Waals surface area contributed by atoms with Gasteiger partial charge in [-0.3, -0.25) is 4.98 Å². The smallest absolute Gasteiger partial charge is 0.226 e. The van der Waals surface area contributed by atoms with Gasteiger partial charge in [0, 0.05) is 30.2 Å². The van der Waals surface area contributed by atoms with Gasteiger partial charge in [-0.2, -0.15) is 0 Å². The number of ether oxygens (including phenoxy) is 2. The Labute approximate surface area is 146 Å². The van der Waals surface area contributed by atoms with Gasteiger partial charge in [0.05, 0.1) is 31.5 Å². The molecule has 0 N–H and O–H groups in total. The number of aromatic nitrogens is 3. The van der Waals surface area contributed by atoms with Crippen LogP contribution in [0.4, 0.5) is 5.95 Å². The Hall–Kier alpha value is -2.73. The van der Waals surface area contributed by atoms with Gasteiger partial charge >= 0.3 is 0 Å². The first-order chi connectivity index (χ1) is 12.3. The van der Waals surface area contributed by atoms with Crippen molar-refractivity contribution in [3.8, 4) is 17.0 Å². The molecule has 4 rings (SSSR count). The van der Waals surface area contributed by atoms with Crippen LogP contribution in [0, 0.1) is 6.92 Å². The highest BCUT2D eigenvalue weighted by atomic mass is 16.5. The molecule has 3 heterocycles. The van der Waals surface area contributed by atoms with Gasteiger partial charge in [-0.15, -0.1) is 0 Å². The lowest BCUT2D eigenvalue weighted by Crippen LogP contribution is -2.37. The van der Waals surface area contributed by atoms with E-state index in [1.165, 1.54) is 0 Å². The summed E-state index contributed by atoms with van der Waals surface area (Å²) in [4.78, 5) is 16.0. The predicted molar refractivity (Wildman–Crippen MR) is 97.1 cm³/mol. The van der Waals surface area contributed by atoms with Crippen LogP contribution in [0.15, 0.2) is 36.5 Å². The van der Waals surface area contributed by atoms with Crippen molar-refractivity contribution < 1.29 is 9.47 Å². The Balaban J connectivity index is 1.84. The fraction of sp³-hybridized carbons (Fsp3) is 0.316. The Bertz CT molecular complexity index is 907. The van der Waals surface area contributed by atoms with Crippen molar-refractivity contribution in [2.24, 2.45) is 0 Å². The summed E-state index contributed by atoms with van der Waals surface area (Å²) < 4.78 is 11.0. The molecule has 0 saturated carbocycles. The molecule has 6 nitrogen and oxygen atoms in total. The summed E-state index contributed by atoms with van der Waals surface area (Å²) in [6.45, 7) is 4.95.